The van der Waals surface area contributed by atoms with Crippen LogP contribution < -0.4 is 5.32 Å². The molecule has 2 aromatic rings. The third kappa shape index (κ3) is 3.21. The average molecular weight is 268 g/mol. The number of nitrogens with zero attached hydrogens (tertiary/aromatic N) is 1. The fourth-order valence-corrected chi connectivity index (χ4v) is 1.79. The van der Waals surface area contributed by atoms with E-state index in [0.29, 0.717) is 23.2 Å². The van der Waals surface area contributed by atoms with Crippen molar-refractivity contribution in [2.45, 2.75) is 13.3 Å². The molecule has 0 bridgehead atoms. The number of benzene rings is 2. The second-order valence-electron chi connectivity index (χ2n) is 4.45. The van der Waals surface area contributed by atoms with Gasteiger partial charge in [-0.15, -0.1) is 0 Å². The second kappa shape index (κ2) is 5.98. The fraction of sp³-hybridized carbons (Fsp3) is 0.125. The molecule has 0 radical (unpaired) electrons. The van der Waals surface area contributed by atoms with Gasteiger partial charge in [-0.05, 0) is 48.4 Å². The summed E-state index contributed by atoms with van der Waals surface area (Å²) < 4.78 is 13.1. The van der Waals surface area contributed by atoms with Crippen molar-refractivity contribution in [1.82, 2.24) is 0 Å². The van der Waals surface area contributed by atoms with E-state index in [9.17, 15) is 9.18 Å². The summed E-state index contributed by atoms with van der Waals surface area (Å²) in [7, 11) is 0. The first kappa shape index (κ1) is 13.8. The van der Waals surface area contributed by atoms with Crippen LogP contribution in [0.1, 0.15) is 21.5 Å². The number of rotatable bonds is 3. The summed E-state index contributed by atoms with van der Waals surface area (Å²) in [6.45, 7) is 1.61. The van der Waals surface area contributed by atoms with Crippen LogP contribution in [0.4, 0.5) is 10.1 Å². The van der Waals surface area contributed by atoms with E-state index in [4.69, 9.17) is 5.26 Å². The molecule has 1 amide bonds. The van der Waals surface area contributed by atoms with Crippen LogP contribution in [-0.2, 0) is 6.42 Å². The minimum atomic E-state index is -0.331. The van der Waals surface area contributed by atoms with Crippen LogP contribution in [0.15, 0.2) is 42.5 Å². The highest BCUT2D eigenvalue weighted by atomic mass is 19.1. The largest absolute Gasteiger partial charge is 0.322 e. The number of anilines is 1. The molecule has 20 heavy (non-hydrogen) atoms. The van der Waals surface area contributed by atoms with Crippen molar-refractivity contribution in [3.05, 3.63) is 65.0 Å². The zero-order valence-corrected chi connectivity index (χ0v) is 11.0. The van der Waals surface area contributed by atoms with Gasteiger partial charge in [0.25, 0.3) is 5.91 Å². The van der Waals surface area contributed by atoms with Crippen LogP contribution in [-0.4, -0.2) is 5.91 Å². The lowest BCUT2D eigenvalue weighted by Gasteiger charge is -2.07. The number of carbonyl (C=O) groups is 1. The molecule has 0 atom stereocenters. The molecule has 0 aliphatic rings. The molecule has 2 rings (SSSR count). The Kier molecular flexibility index (Phi) is 4.11. The van der Waals surface area contributed by atoms with Crippen LogP contribution in [0.5, 0.6) is 0 Å². The number of amides is 1. The molecule has 1 N–H and O–H groups in total. The molecule has 0 aromatic heterocycles. The summed E-state index contributed by atoms with van der Waals surface area (Å²) in [5.74, 6) is -0.622. The van der Waals surface area contributed by atoms with Crippen molar-refractivity contribution >= 4 is 11.6 Å². The smallest absolute Gasteiger partial charge is 0.255 e. The number of carbonyl (C=O) groups excluding carboxylic acids is 1. The van der Waals surface area contributed by atoms with E-state index in [-0.39, 0.29) is 11.7 Å². The standard InChI is InChI=1S/C16H13FN2O/c1-11-10-13(4-7-15(11)17)16(20)19-14-5-2-12(3-6-14)8-9-18/h2-7,10H,8H2,1H3,(H,19,20). The van der Waals surface area contributed by atoms with Gasteiger partial charge in [0, 0.05) is 11.3 Å². The summed E-state index contributed by atoms with van der Waals surface area (Å²) in [6, 6.07) is 13.3. The lowest BCUT2D eigenvalue weighted by molar-refractivity contribution is 0.102. The molecule has 0 spiro atoms. The molecule has 0 saturated heterocycles. The summed E-state index contributed by atoms with van der Waals surface area (Å²) in [6.07, 6.45) is 0.339. The fourth-order valence-electron chi connectivity index (χ4n) is 1.79. The molecule has 0 unspecified atom stereocenters. The van der Waals surface area contributed by atoms with Crippen molar-refractivity contribution in [2.24, 2.45) is 0 Å². The van der Waals surface area contributed by atoms with Gasteiger partial charge < -0.3 is 5.32 Å². The van der Waals surface area contributed by atoms with Crippen molar-refractivity contribution in [2.75, 3.05) is 5.32 Å². The van der Waals surface area contributed by atoms with Gasteiger partial charge in [0.05, 0.1) is 12.5 Å². The van der Waals surface area contributed by atoms with Gasteiger partial charge in [-0.25, -0.2) is 4.39 Å². The van der Waals surface area contributed by atoms with E-state index in [0.717, 1.165) is 5.56 Å². The van der Waals surface area contributed by atoms with Gasteiger partial charge in [-0.3, -0.25) is 4.79 Å². The minimum absolute atomic E-state index is 0.291. The van der Waals surface area contributed by atoms with Gasteiger partial charge in [0.2, 0.25) is 0 Å². The number of hydrogen-bond donors (Lipinski definition) is 1. The van der Waals surface area contributed by atoms with Gasteiger partial charge in [-0.2, -0.15) is 5.26 Å². The first-order valence-corrected chi connectivity index (χ1v) is 6.13. The third-order valence-corrected chi connectivity index (χ3v) is 2.92. The van der Waals surface area contributed by atoms with E-state index in [2.05, 4.69) is 11.4 Å². The van der Waals surface area contributed by atoms with E-state index in [1.165, 1.54) is 18.2 Å². The maximum Gasteiger partial charge on any atom is 0.255 e. The van der Waals surface area contributed by atoms with Crippen LogP contribution in [0.2, 0.25) is 0 Å². The van der Waals surface area contributed by atoms with Crippen molar-refractivity contribution < 1.29 is 9.18 Å². The summed E-state index contributed by atoms with van der Waals surface area (Å²) >= 11 is 0. The Bertz CT molecular complexity index is 672. The van der Waals surface area contributed by atoms with Crippen molar-refractivity contribution in [1.29, 1.82) is 5.26 Å². The van der Waals surface area contributed by atoms with E-state index in [1.54, 1.807) is 31.2 Å². The molecule has 0 aliphatic heterocycles. The van der Waals surface area contributed by atoms with Gasteiger partial charge in [-0.1, -0.05) is 12.1 Å². The predicted octanol–water partition coefficient (Wildman–Crippen LogP) is 3.45. The highest BCUT2D eigenvalue weighted by molar-refractivity contribution is 6.04. The minimum Gasteiger partial charge on any atom is -0.322 e. The third-order valence-electron chi connectivity index (χ3n) is 2.92. The second-order valence-corrected chi connectivity index (χ2v) is 4.45. The lowest BCUT2D eigenvalue weighted by Crippen LogP contribution is -2.12. The molecule has 100 valence electrons. The number of nitriles is 1. The Morgan fingerprint density at radius 3 is 2.55 bits per heavy atom. The van der Waals surface area contributed by atoms with Gasteiger partial charge >= 0.3 is 0 Å². The maximum atomic E-state index is 13.1. The normalized spacial score (nSPS) is 9.85. The van der Waals surface area contributed by atoms with E-state index in [1.807, 2.05) is 0 Å². The molecule has 4 heteroatoms. The molecule has 0 saturated carbocycles. The molecular weight excluding hydrogens is 255 g/mol. The Morgan fingerprint density at radius 1 is 1.25 bits per heavy atom. The molecule has 0 heterocycles. The highest BCUT2D eigenvalue weighted by Gasteiger charge is 2.08. The monoisotopic (exact) mass is 268 g/mol. The Morgan fingerprint density at radius 2 is 1.95 bits per heavy atom. The molecule has 2 aromatic carbocycles. The lowest BCUT2D eigenvalue weighted by atomic mass is 10.1. The van der Waals surface area contributed by atoms with Crippen molar-refractivity contribution in [3.8, 4) is 6.07 Å². The van der Waals surface area contributed by atoms with Gasteiger partial charge in [0.1, 0.15) is 5.82 Å². The highest BCUT2D eigenvalue weighted by Crippen LogP contribution is 2.14. The topological polar surface area (TPSA) is 52.9 Å². The Labute approximate surface area is 116 Å². The zero-order valence-electron chi connectivity index (χ0n) is 11.0. The van der Waals surface area contributed by atoms with Gasteiger partial charge in [0.15, 0.2) is 0 Å². The first-order valence-electron chi connectivity index (χ1n) is 6.13. The Hall–Kier alpha value is -2.67. The average Bonchev–Trinajstić information content (AvgIpc) is 2.44. The number of hydrogen-bond acceptors (Lipinski definition) is 2. The van der Waals surface area contributed by atoms with Crippen LogP contribution in [0, 0.1) is 24.1 Å². The molecule has 0 aliphatic carbocycles. The van der Waals surface area contributed by atoms with E-state index < -0.39 is 0 Å². The quantitative estimate of drug-likeness (QED) is 0.926. The van der Waals surface area contributed by atoms with Crippen LogP contribution in [0.25, 0.3) is 0 Å². The summed E-state index contributed by atoms with van der Waals surface area (Å²) in [5.41, 5.74) is 2.37. The van der Waals surface area contributed by atoms with Crippen LogP contribution >= 0.6 is 0 Å². The molecule has 3 nitrogen and oxygen atoms in total. The maximum absolute atomic E-state index is 13.1. The van der Waals surface area contributed by atoms with Crippen molar-refractivity contribution in [3.63, 3.8) is 0 Å². The first-order chi connectivity index (χ1) is 9.60. The predicted molar refractivity (Wildman–Crippen MR) is 74.8 cm³/mol. The van der Waals surface area contributed by atoms with Crippen LogP contribution in [0.3, 0.4) is 0 Å². The molecular formula is C16H13FN2O. The Balaban J connectivity index is 2.11. The number of halogens is 1. The number of nitrogens with one attached hydrogen (secondary N) is 1. The van der Waals surface area contributed by atoms with E-state index >= 15 is 0 Å². The number of aryl methyl sites for hydroxylation is 1. The zero-order chi connectivity index (χ0) is 14.5. The summed E-state index contributed by atoms with van der Waals surface area (Å²) in [5, 5.41) is 11.3. The summed E-state index contributed by atoms with van der Waals surface area (Å²) in [4.78, 5) is 12.0. The molecule has 0 fully saturated rings. The SMILES string of the molecule is Cc1cc(C(=O)Nc2ccc(CC#N)cc2)ccc1F.